The summed E-state index contributed by atoms with van der Waals surface area (Å²) in [5, 5.41) is 8.92. The fourth-order valence-corrected chi connectivity index (χ4v) is 3.07. The predicted molar refractivity (Wildman–Crippen MR) is 75.5 cm³/mol. The van der Waals surface area contributed by atoms with Crippen LogP contribution in [0.3, 0.4) is 0 Å². The molecule has 96 valence electrons. The molecule has 0 saturated heterocycles. The van der Waals surface area contributed by atoms with Crippen LogP contribution in [0.15, 0.2) is 40.4 Å². The van der Waals surface area contributed by atoms with Crippen molar-refractivity contribution in [2.24, 2.45) is 5.92 Å². The lowest BCUT2D eigenvalue weighted by molar-refractivity contribution is -0.131. The molecular formula is C15H17BrO2. The smallest absolute Gasteiger partial charge is 0.328 e. The molecule has 1 unspecified atom stereocenters. The number of benzene rings is 1. The zero-order chi connectivity index (χ0) is 13.0. The van der Waals surface area contributed by atoms with Gasteiger partial charge in [-0.3, -0.25) is 0 Å². The second kappa shape index (κ2) is 6.19. The van der Waals surface area contributed by atoms with E-state index in [0.717, 1.165) is 35.7 Å². The van der Waals surface area contributed by atoms with Crippen molar-refractivity contribution < 1.29 is 9.90 Å². The summed E-state index contributed by atoms with van der Waals surface area (Å²) in [6.45, 7) is 0. The van der Waals surface area contributed by atoms with Gasteiger partial charge in [-0.1, -0.05) is 46.1 Å². The summed E-state index contributed by atoms with van der Waals surface area (Å²) < 4.78 is 1.12. The number of carbonyl (C=O) groups is 1. The minimum Gasteiger partial charge on any atom is -0.478 e. The number of halogens is 1. The lowest BCUT2D eigenvalue weighted by atomic mass is 9.80. The number of rotatable bonds is 3. The maximum atomic E-state index is 10.8. The molecule has 1 N–H and O–H groups in total. The molecule has 0 aromatic heterocycles. The van der Waals surface area contributed by atoms with Gasteiger partial charge in [-0.15, -0.1) is 0 Å². The van der Waals surface area contributed by atoms with Crippen LogP contribution < -0.4 is 0 Å². The lowest BCUT2D eigenvalue weighted by Crippen LogP contribution is -2.14. The first-order valence-corrected chi connectivity index (χ1v) is 7.13. The SMILES string of the molecule is O=C(O)/C=C1\CCCCC1Cc1ccccc1Br. The molecular weight excluding hydrogens is 292 g/mol. The van der Waals surface area contributed by atoms with E-state index in [-0.39, 0.29) is 0 Å². The van der Waals surface area contributed by atoms with Crippen molar-refractivity contribution in [1.82, 2.24) is 0 Å². The molecule has 2 rings (SSSR count). The third kappa shape index (κ3) is 3.45. The summed E-state index contributed by atoms with van der Waals surface area (Å²) in [4.78, 5) is 10.8. The van der Waals surface area contributed by atoms with E-state index in [1.807, 2.05) is 18.2 Å². The number of allylic oxidation sites excluding steroid dienone is 1. The fraction of sp³-hybridized carbons (Fsp3) is 0.400. The van der Waals surface area contributed by atoms with E-state index in [1.54, 1.807) is 0 Å². The molecule has 18 heavy (non-hydrogen) atoms. The van der Waals surface area contributed by atoms with E-state index in [2.05, 4.69) is 22.0 Å². The van der Waals surface area contributed by atoms with Crippen molar-refractivity contribution in [2.45, 2.75) is 32.1 Å². The van der Waals surface area contributed by atoms with Gasteiger partial charge in [-0.2, -0.15) is 0 Å². The monoisotopic (exact) mass is 308 g/mol. The van der Waals surface area contributed by atoms with E-state index in [4.69, 9.17) is 5.11 Å². The molecule has 1 fully saturated rings. The number of aliphatic carboxylic acids is 1. The van der Waals surface area contributed by atoms with Crippen LogP contribution in [0.1, 0.15) is 31.2 Å². The Morgan fingerprint density at radius 2 is 2.17 bits per heavy atom. The maximum Gasteiger partial charge on any atom is 0.328 e. The Kier molecular flexibility index (Phi) is 4.59. The van der Waals surface area contributed by atoms with Gasteiger partial charge in [0.25, 0.3) is 0 Å². The van der Waals surface area contributed by atoms with Gasteiger partial charge >= 0.3 is 5.97 Å². The summed E-state index contributed by atoms with van der Waals surface area (Å²) in [6, 6.07) is 8.18. The summed E-state index contributed by atoms with van der Waals surface area (Å²) in [7, 11) is 0. The van der Waals surface area contributed by atoms with Crippen molar-refractivity contribution >= 4 is 21.9 Å². The molecule has 0 heterocycles. The summed E-state index contributed by atoms with van der Waals surface area (Å²) in [5.74, 6) is -0.433. The van der Waals surface area contributed by atoms with Crippen molar-refractivity contribution in [2.75, 3.05) is 0 Å². The van der Waals surface area contributed by atoms with E-state index >= 15 is 0 Å². The van der Waals surface area contributed by atoms with Crippen LogP contribution in [-0.4, -0.2) is 11.1 Å². The van der Waals surface area contributed by atoms with Gasteiger partial charge in [0.1, 0.15) is 0 Å². The summed E-state index contributed by atoms with van der Waals surface area (Å²) in [6.07, 6.45) is 6.70. The van der Waals surface area contributed by atoms with Gasteiger partial charge in [-0.25, -0.2) is 4.79 Å². The van der Waals surface area contributed by atoms with Crippen LogP contribution in [0.25, 0.3) is 0 Å². The van der Waals surface area contributed by atoms with Crippen molar-refractivity contribution in [3.63, 3.8) is 0 Å². The topological polar surface area (TPSA) is 37.3 Å². The molecule has 1 aliphatic rings. The fourth-order valence-electron chi connectivity index (χ4n) is 2.62. The zero-order valence-electron chi connectivity index (χ0n) is 10.2. The van der Waals surface area contributed by atoms with Gasteiger partial charge < -0.3 is 5.11 Å². The number of hydrogen-bond acceptors (Lipinski definition) is 1. The minimum atomic E-state index is -0.816. The Balaban J connectivity index is 2.15. The molecule has 1 saturated carbocycles. The van der Waals surface area contributed by atoms with E-state index < -0.39 is 5.97 Å². The van der Waals surface area contributed by atoms with Crippen molar-refractivity contribution in [3.8, 4) is 0 Å². The van der Waals surface area contributed by atoms with Crippen molar-refractivity contribution in [1.29, 1.82) is 0 Å². The molecule has 0 amide bonds. The highest BCUT2D eigenvalue weighted by Crippen LogP contribution is 2.33. The summed E-state index contributed by atoms with van der Waals surface area (Å²) in [5.41, 5.74) is 2.37. The Bertz CT molecular complexity index is 465. The summed E-state index contributed by atoms with van der Waals surface area (Å²) >= 11 is 3.56. The number of hydrogen-bond donors (Lipinski definition) is 1. The lowest BCUT2D eigenvalue weighted by Gasteiger charge is -2.25. The first kappa shape index (κ1) is 13.3. The van der Waals surface area contributed by atoms with Crippen LogP contribution in [0.4, 0.5) is 0 Å². The zero-order valence-corrected chi connectivity index (χ0v) is 11.8. The van der Waals surface area contributed by atoms with E-state index in [9.17, 15) is 4.79 Å². The standard InChI is InChI=1S/C15H17BrO2/c16-14-8-4-3-7-13(14)9-11-5-1-2-6-12(11)10-15(17)18/h3-4,7-8,10-11H,1-2,5-6,9H2,(H,17,18)/b12-10+. The Morgan fingerprint density at radius 1 is 1.39 bits per heavy atom. The molecule has 1 atom stereocenters. The molecule has 0 aliphatic heterocycles. The van der Waals surface area contributed by atoms with E-state index in [1.165, 1.54) is 18.1 Å². The average Bonchev–Trinajstić information content (AvgIpc) is 2.34. The molecule has 3 heteroatoms. The van der Waals surface area contributed by atoms with Crippen LogP contribution in [0.2, 0.25) is 0 Å². The quantitative estimate of drug-likeness (QED) is 0.850. The average molecular weight is 309 g/mol. The van der Waals surface area contributed by atoms with Crippen LogP contribution in [0, 0.1) is 5.92 Å². The molecule has 2 nitrogen and oxygen atoms in total. The third-order valence-electron chi connectivity index (χ3n) is 3.53. The minimum absolute atomic E-state index is 0.383. The van der Waals surface area contributed by atoms with Gasteiger partial charge in [0, 0.05) is 10.5 Å². The molecule has 0 radical (unpaired) electrons. The van der Waals surface area contributed by atoms with Crippen molar-refractivity contribution in [3.05, 3.63) is 46.0 Å². The highest BCUT2D eigenvalue weighted by atomic mass is 79.9. The first-order valence-electron chi connectivity index (χ1n) is 6.33. The maximum absolute atomic E-state index is 10.8. The third-order valence-corrected chi connectivity index (χ3v) is 4.30. The van der Waals surface area contributed by atoms with Gasteiger partial charge in [0.05, 0.1) is 0 Å². The Morgan fingerprint density at radius 3 is 2.89 bits per heavy atom. The Labute approximate surface area is 116 Å². The van der Waals surface area contributed by atoms with Crippen LogP contribution in [0.5, 0.6) is 0 Å². The normalized spacial score (nSPS) is 22.1. The molecule has 1 aliphatic carbocycles. The van der Waals surface area contributed by atoms with E-state index in [0.29, 0.717) is 5.92 Å². The largest absolute Gasteiger partial charge is 0.478 e. The number of carboxylic acid groups (broad SMARTS) is 1. The van der Waals surface area contributed by atoms with Gasteiger partial charge in [0.2, 0.25) is 0 Å². The van der Waals surface area contributed by atoms with Crippen LogP contribution >= 0.6 is 15.9 Å². The molecule has 1 aromatic rings. The Hall–Kier alpha value is -1.09. The molecule has 0 bridgehead atoms. The number of carboxylic acids is 1. The highest BCUT2D eigenvalue weighted by molar-refractivity contribution is 9.10. The highest BCUT2D eigenvalue weighted by Gasteiger charge is 2.20. The van der Waals surface area contributed by atoms with Gasteiger partial charge in [-0.05, 0) is 43.2 Å². The second-order valence-corrected chi connectivity index (χ2v) is 5.65. The van der Waals surface area contributed by atoms with Gasteiger partial charge in [0.15, 0.2) is 0 Å². The second-order valence-electron chi connectivity index (χ2n) is 4.80. The molecule has 1 aromatic carbocycles. The predicted octanol–water partition coefficient (Wildman–Crippen LogP) is 4.19. The van der Waals surface area contributed by atoms with Crippen LogP contribution in [-0.2, 0) is 11.2 Å². The molecule has 0 spiro atoms. The first-order chi connectivity index (χ1) is 8.66.